The smallest absolute Gasteiger partial charge is 0.257 e. The molecule has 2 aromatic rings. The molecule has 2 fully saturated rings. The third-order valence-corrected chi connectivity index (χ3v) is 8.59. The number of nitrogens with two attached hydrogens (primary N) is 1. The lowest BCUT2D eigenvalue weighted by atomic mass is 9.95. The van der Waals surface area contributed by atoms with Crippen LogP contribution in [0.5, 0.6) is 0 Å². The van der Waals surface area contributed by atoms with E-state index in [0.717, 1.165) is 4.90 Å². The van der Waals surface area contributed by atoms with Crippen LogP contribution in [0.15, 0.2) is 34.9 Å². The van der Waals surface area contributed by atoms with E-state index in [9.17, 15) is 22.8 Å². The van der Waals surface area contributed by atoms with E-state index in [1.165, 1.54) is 13.8 Å². The van der Waals surface area contributed by atoms with Crippen molar-refractivity contribution >= 4 is 27.6 Å². The van der Waals surface area contributed by atoms with Crippen LogP contribution in [0.4, 0.5) is 0 Å². The molecule has 4 rings (SSSR count). The zero-order chi connectivity index (χ0) is 22.0. The molecule has 2 saturated heterocycles. The zero-order valence-corrected chi connectivity index (χ0v) is 17.3. The number of hydrogen-bond donors (Lipinski definition) is 2. The first kappa shape index (κ1) is 20.1. The van der Waals surface area contributed by atoms with Crippen molar-refractivity contribution in [2.45, 2.75) is 43.0 Å². The Kier molecular flexibility index (Phi) is 4.28. The van der Waals surface area contributed by atoms with Gasteiger partial charge in [-0.3, -0.25) is 14.4 Å². The van der Waals surface area contributed by atoms with Gasteiger partial charge in [0.25, 0.3) is 5.91 Å². The fraction of sp³-hybridized carbons (Fsp3) is 0.368. The average Bonchev–Trinajstić information content (AvgIpc) is 3.13. The monoisotopic (exact) mass is 432 g/mol. The summed E-state index contributed by atoms with van der Waals surface area (Å²) in [7, 11) is -3.98. The van der Waals surface area contributed by atoms with E-state index in [2.05, 4.69) is 10.5 Å². The van der Waals surface area contributed by atoms with Crippen molar-refractivity contribution in [2.24, 2.45) is 5.73 Å². The Labute approximate surface area is 172 Å². The summed E-state index contributed by atoms with van der Waals surface area (Å²) in [5, 5.41) is 5.04. The number of aromatic nitrogens is 1. The fourth-order valence-corrected chi connectivity index (χ4v) is 6.38. The van der Waals surface area contributed by atoms with Crippen molar-refractivity contribution in [3.8, 4) is 11.3 Å². The van der Waals surface area contributed by atoms with E-state index < -0.39 is 49.8 Å². The standard InChI is InChI=1S/C19H20N4O6S/c1-9-11(12(22-29-9)10-7-5-4-6-8-10)16(25)21-13-17(26)23-14(15(20)24)19(2,3)30(27,28)18(13)23/h4-8,13-14,18H,1-3H3,(H2,20,24)(H,21,25)/t13-,14?,18-/m1/s1. The van der Waals surface area contributed by atoms with Gasteiger partial charge in [0.15, 0.2) is 15.2 Å². The molecule has 0 saturated carbocycles. The van der Waals surface area contributed by atoms with Crippen LogP contribution in [0.25, 0.3) is 11.3 Å². The van der Waals surface area contributed by atoms with Gasteiger partial charge in [0.05, 0.1) is 4.75 Å². The predicted molar refractivity (Wildman–Crippen MR) is 105 cm³/mol. The van der Waals surface area contributed by atoms with Crippen LogP contribution in [0.1, 0.15) is 30.0 Å². The Bertz CT molecular complexity index is 1170. The van der Waals surface area contributed by atoms with Gasteiger partial charge in [-0.05, 0) is 20.8 Å². The number of carbonyl (C=O) groups is 3. The molecule has 2 aliphatic heterocycles. The second-order valence-electron chi connectivity index (χ2n) is 7.87. The third kappa shape index (κ3) is 2.51. The summed E-state index contributed by atoms with van der Waals surface area (Å²) in [6.45, 7) is 4.24. The minimum absolute atomic E-state index is 0.105. The van der Waals surface area contributed by atoms with Gasteiger partial charge < -0.3 is 20.5 Å². The Morgan fingerprint density at radius 1 is 1.23 bits per heavy atom. The molecular weight excluding hydrogens is 412 g/mol. The molecule has 0 radical (unpaired) electrons. The van der Waals surface area contributed by atoms with Crippen LogP contribution in [0, 0.1) is 6.92 Å². The van der Waals surface area contributed by atoms with Gasteiger partial charge >= 0.3 is 0 Å². The lowest BCUT2D eigenvalue weighted by molar-refractivity contribution is -0.152. The number of hydrogen-bond acceptors (Lipinski definition) is 7. The number of aryl methyl sites for hydroxylation is 1. The van der Waals surface area contributed by atoms with Crippen molar-refractivity contribution in [2.75, 3.05) is 0 Å². The van der Waals surface area contributed by atoms with Gasteiger partial charge in [-0.15, -0.1) is 0 Å². The first-order valence-corrected chi connectivity index (χ1v) is 10.7. The summed E-state index contributed by atoms with van der Waals surface area (Å²) < 4.78 is 29.6. The van der Waals surface area contributed by atoms with Crippen LogP contribution in [-0.4, -0.2) is 58.4 Å². The SMILES string of the molecule is Cc1onc(-c2ccccc2)c1C(=O)N[C@@H]1C(=O)N2C(C(N)=O)C(C)(C)S(=O)(=O)[C@H]12. The van der Waals surface area contributed by atoms with E-state index in [4.69, 9.17) is 10.3 Å². The molecule has 2 aliphatic rings. The minimum Gasteiger partial charge on any atom is -0.368 e. The molecule has 0 bridgehead atoms. The quantitative estimate of drug-likeness (QED) is 0.644. The van der Waals surface area contributed by atoms with Crippen molar-refractivity contribution in [1.82, 2.24) is 15.4 Å². The molecule has 30 heavy (non-hydrogen) atoms. The largest absolute Gasteiger partial charge is 0.368 e. The van der Waals surface area contributed by atoms with Crippen LogP contribution in [0.3, 0.4) is 0 Å². The number of β-lactam (4-membered cyclic amide) rings is 1. The molecule has 3 N–H and O–H groups in total. The third-order valence-electron chi connectivity index (χ3n) is 5.76. The van der Waals surface area contributed by atoms with E-state index in [1.54, 1.807) is 37.3 Å². The molecule has 11 heteroatoms. The van der Waals surface area contributed by atoms with E-state index >= 15 is 0 Å². The van der Waals surface area contributed by atoms with E-state index in [-0.39, 0.29) is 17.0 Å². The maximum absolute atomic E-state index is 13.0. The molecule has 1 unspecified atom stereocenters. The van der Waals surface area contributed by atoms with Crippen molar-refractivity contribution < 1.29 is 27.3 Å². The lowest BCUT2D eigenvalue weighted by Crippen LogP contribution is -2.72. The fourth-order valence-electron chi connectivity index (χ4n) is 4.15. The van der Waals surface area contributed by atoms with E-state index in [0.29, 0.717) is 5.56 Å². The second-order valence-corrected chi connectivity index (χ2v) is 10.5. The van der Waals surface area contributed by atoms with Crippen molar-refractivity contribution in [1.29, 1.82) is 0 Å². The molecule has 0 aliphatic carbocycles. The summed E-state index contributed by atoms with van der Waals surface area (Å²) in [5.41, 5.74) is 6.38. The van der Waals surface area contributed by atoms with Gasteiger partial charge in [-0.1, -0.05) is 35.5 Å². The average molecular weight is 432 g/mol. The molecular formula is C19H20N4O6S. The summed E-state index contributed by atoms with van der Waals surface area (Å²) >= 11 is 0. The first-order chi connectivity index (χ1) is 14.0. The minimum atomic E-state index is -3.98. The molecule has 1 aromatic carbocycles. The summed E-state index contributed by atoms with van der Waals surface area (Å²) in [5.74, 6) is -2.06. The molecule has 3 amide bonds. The zero-order valence-electron chi connectivity index (χ0n) is 16.4. The predicted octanol–water partition coefficient (Wildman–Crippen LogP) is -0.0224. The first-order valence-electron chi connectivity index (χ1n) is 9.17. The summed E-state index contributed by atoms with van der Waals surface area (Å²) in [6, 6.07) is 6.20. The number of amides is 3. The molecule has 158 valence electrons. The highest BCUT2D eigenvalue weighted by atomic mass is 32.2. The van der Waals surface area contributed by atoms with Gasteiger partial charge in [0.2, 0.25) is 11.8 Å². The maximum atomic E-state index is 13.0. The van der Waals surface area contributed by atoms with Crippen molar-refractivity contribution in [3.63, 3.8) is 0 Å². The Hall–Kier alpha value is -3.21. The topological polar surface area (TPSA) is 153 Å². The highest BCUT2D eigenvalue weighted by Gasteiger charge is 2.72. The number of nitrogens with one attached hydrogen (secondary N) is 1. The molecule has 3 atom stereocenters. The maximum Gasteiger partial charge on any atom is 0.257 e. The number of fused-ring (bicyclic) bond motifs is 1. The Balaban J connectivity index is 1.66. The second kappa shape index (κ2) is 6.39. The normalized spacial score (nSPS) is 26.0. The number of nitrogens with zero attached hydrogens (tertiary/aromatic N) is 2. The molecule has 0 spiro atoms. The highest BCUT2D eigenvalue weighted by molar-refractivity contribution is 7.94. The summed E-state index contributed by atoms with van der Waals surface area (Å²) in [6.07, 6.45) is 0. The Morgan fingerprint density at radius 3 is 2.47 bits per heavy atom. The van der Waals surface area contributed by atoms with E-state index in [1.807, 2.05) is 0 Å². The molecule has 1 aromatic heterocycles. The van der Waals surface area contributed by atoms with Gasteiger partial charge in [0, 0.05) is 5.56 Å². The summed E-state index contributed by atoms with van der Waals surface area (Å²) in [4.78, 5) is 38.5. The Morgan fingerprint density at radius 2 is 1.87 bits per heavy atom. The number of carbonyl (C=O) groups excluding carboxylic acids is 3. The van der Waals surface area contributed by atoms with Crippen molar-refractivity contribution in [3.05, 3.63) is 41.7 Å². The number of rotatable bonds is 4. The number of primary amides is 1. The molecule has 10 nitrogen and oxygen atoms in total. The van der Waals surface area contributed by atoms with Crippen LogP contribution in [-0.2, 0) is 19.4 Å². The highest BCUT2D eigenvalue weighted by Crippen LogP contribution is 2.45. The van der Waals surface area contributed by atoms with Gasteiger partial charge in [-0.25, -0.2) is 8.42 Å². The van der Waals surface area contributed by atoms with Gasteiger partial charge in [0.1, 0.15) is 29.1 Å². The van der Waals surface area contributed by atoms with Crippen LogP contribution < -0.4 is 11.1 Å². The number of sulfone groups is 1. The molecule has 3 heterocycles. The van der Waals surface area contributed by atoms with Crippen LogP contribution in [0.2, 0.25) is 0 Å². The van der Waals surface area contributed by atoms with Crippen LogP contribution >= 0.6 is 0 Å². The number of benzene rings is 1. The van der Waals surface area contributed by atoms with Gasteiger partial charge in [-0.2, -0.15) is 0 Å². The lowest BCUT2D eigenvalue weighted by Gasteiger charge is -2.42.